The molecule has 0 unspecified atom stereocenters. The van der Waals surface area contributed by atoms with Crippen LogP contribution in [0.5, 0.6) is 5.75 Å². The molecular formula is C15H15F3N2O3S. The van der Waals surface area contributed by atoms with Crippen molar-refractivity contribution in [2.45, 2.75) is 19.2 Å². The van der Waals surface area contributed by atoms with Crippen LogP contribution in [0.3, 0.4) is 0 Å². The molecule has 0 aliphatic rings. The van der Waals surface area contributed by atoms with Gasteiger partial charge < -0.3 is 9.47 Å². The minimum atomic E-state index is -4.47. The van der Waals surface area contributed by atoms with Gasteiger partial charge in [-0.3, -0.25) is 10.1 Å². The third-order valence-electron chi connectivity index (χ3n) is 2.99. The van der Waals surface area contributed by atoms with Gasteiger partial charge in [-0.2, -0.15) is 13.2 Å². The zero-order valence-corrected chi connectivity index (χ0v) is 13.7. The number of amides is 1. The van der Waals surface area contributed by atoms with E-state index in [1.54, 1.807) is 24.6 Å². The first-order valence-corrected chi connectivity index (χ1v) is 7.75. The molecule has 0 fully saturated rings. The Kier molecular flexibility index (Phi) is 5.79. The first-order valence-electron chi connectivity index (χ1n) is 6.87. The van der Waals surface area contributed by atoms with Crippen LogP contribution in [-0.2, 0) is 9.53 Å². The molecule has 9 heteroatoms. The number of carbonyl (C=O) groups excluding carboxylic acids is 1. The zero-order chi connectivity index (χ0) is 17.7. The smallest absolute Gasteiger partial charge is 0.411 e. The first-order chi connectivity index (χ1) is 11.3. The van der Waals surface area contributed by atoms with Crippen LogP contribution < -0.4 is 10.1 Å². The standard InChI is InChI=1S/C15H15F3N2O3S/c1-9(23-8-15(16,17)18)13(21)20-14-19-12(7-24-14)10-3-5-11(22-2)6-4-10/h3-7,9H,8H2,1-2H3,(H,19,20,21)/t9-/m0/s1. The number of aromatic nitrogens is 1. The molecule has 24 heavy (non-hydrogen) atoms. The molecule has 0 radical (unpaired) electrons. The summed E-state index contributed by atoms with van der Waals surface area (Å²) < 4.78 is 45.8. The van der Waals surface area contributed by atoms with Crippen molar-refractivity contribution >= 4 is 22.4 Å². The van der Waals surface area contributed by atoms with E-state index in [0.717, 1.165) is 5.56 Å². The number of carbonyl (C=O) groups is 1. The van der Waals surface area contributed by atoms with Crippen LogP contribution in [0.2, 0.25) is 0 Å². The van der Waals surface area contributed by atoms with Crippen LogP contribution in [0.4, 0.5) is 18.3 Å². The molecule has 1 N–H and O–H groups in total. The number of anilines is 1. The molecule has 1 aromatic carbocycles. The number of thiazole rings is 1. The maximum absolute atomic E-state index is 12.1. The lowest BCUT2D eigenvalue weighted by molar-refractivity contribution is -0.184. The third-order valence-corrected chi connectivity index (χ3v) is 3.74. The molecule has 2 aromatic rings. The number of halogens is 3. The van der Waals surface area contributed by atoms with Gasteiger partial charge in [-0.1, -0.05) is 0 Å². The van der Waals surface area contributed by atoms with Gasteiger partial charge in [0.15, 0.2) is 5.13 Å². The number of hydrogen-bond acceptors (Lipinski definition) is 5. The number of alkyl halides is 3. The molecule has 1 amide bonds. The van der Waals surface area contributed by atoms with Gasteiger partial charge >= 0.3 is 6.18 Å². The highest BCUT2D eigenvalue weighted by atomic mass is 32.1. The summed E-state index contributed by atoms with van der Waals surface area (Å²) in [6, 6.07) is 7.18. The summed E-state index contributed by atoms with van der Waals surface area (Å²) in [4.78, 5) is 16.0. The zero-order valence-electron chi connectivity index (χ0n) is 12.9. The fourth-order valence-corrected chi connectivity index (χ4v) is 2.45. The Labute approximate surface area is 140 Å². The Morgan fingerprint density at radius 3 is 2.58 bits per heavy atom. The van der Waals surface area contributed by atoms with Crippen LogP contribution in [0.25, 0.3) is 11.3 Å². The molecule has 5 nitrogen and oxygen atoms in total. The van der Waals surface area contributed by atoms with Gasteiger partial charge in [0.25, 0.3) is 5.91 Å². The normalized spacial score (nSPS) is 12.7. The molecule has 0 saturated carbocycles. The predicted molar refractivity (Wildman–Crippen MR) is 84.2 cm³/mol. The number of nitrogens with zero attached hydrogens (tertiary/aromatic N) is 1. The number of hydrogen-bond donors (Lipinski definition) is 1. The lowest BCUT2D eigenvalue weighted by atomic mass is 10.2. The molecule has 0 aliphatic carbocycles. The van der Waals surface area contributed by atoms with E-state index in [0.29, 0.717) is 11.4 Å². The molecule has 0 bridgehead atoms. The van der Waals surface area contributed by atoms with Gasteiger partial charge in [0.05, 0.1) is 12.8 Å². The van der Waals surface area contributed by atoms with Gasteiger partial charge in [0.2, 0.25) is 0 Å². The maximum Gasteiger partial charge on any atom is 0.411 e. The van der Waals surface area contributed by atoms with E-state index in [-0.39, 0.29) is 5.13 Å². The van der Waals surface area contributed by atoms with Crippen molar-refractivity contribution in [1.29, 1.82) is 0 Å². The van der Waals surface area contributed by atoms with Gasteiger partial charge in [-0.25, -0.2) is 4.98 Å². The Hall–Kier alpha value is -2.13. The summed E-state index contributed by atoms with van der Waals surface area (Å²) in [6.07, 6.45) is -5.71. The summed E-state index contributed by atoms with van der Waals surface area (Å²) in [5.74, 6) is 0.0213. The first kappa shape index (κ1) is 18.2. The van der Waals surface area contributed by atoms with Gasteiger partial charge in [0, 0.05) is 10.9 Å². The van der Waals surface area contributed by atoms with Gasteiger partial charge in [-0.15, -0.1) is 11.3 Å². The van der Waals surface area contributed by atoms with E-state index in [1.165, 1.54) is 18.3 Å². The van der Waals surface area contributed by atoms with E-state index in [2.05, 4.69) is 15.0 Å². The van der Waals surface area contributed by atoms with E-state index in [9.17, 15) is 18.0 Å². The SMILES string of the molecule is COc1ccc(-c2csc(NC(=O)[C@H](C)OCC(F)(F)F)n2)cc1. The minimum Gasteiger partial charge on any atom is -0.497 e. The van der Waals surface area contributed by atoms with Crippen molar-refractivity contribution in [2.24, 2.45) is 0 Å². The summed E-state index contributed by atoms with van der Waals surface area (Å²) in [7, 11) is 1.56. The minimum absolute atomic E-state index is 0.285. The number of benzene rings is 1. The Morgan fingerprint density at radius 2 is 2.00 bits per heavy atom. The van der Waals surface area contributed by atoms with Crippen molar-refractivity contribution < 1.29 is 27.4 Å². The monoisotopic (exact) mass is 360 g/mol. The number of methoxy groups -OCH3 is 1. The molecule has 1 aromatic heterocycles. The second-order valence-corrected chi connectivity index (χ2v) is 5.68. The molecular weight excluding hydrogens is 345 g/mol. The van der Waals surface area contributed by atoms with E-state index >= 15 is 0 Å². The highest BCUT2D eigenvalue weighted by molar-refractivity contribution is 7.14. The van der Waals surface area contributed by atoms with Crippen molar-refractivity contribution in [3.8, 4) is 17.0 Å². The van der Waals surface area contributed by atoms with E-state index in [1.807, 2.05) is 12.1 Å². The van der Waals surface area contributed by atoms with Crippen LogP contribution in [0.15, 0.2) is 29.6 Å². The number of ether oxygens (including phenoxy) is 2. The highest BCUT2D eigenvalue weighted by Gasteiger charge is 2.30. The highest BCUT2D eigenvalue weighted by Crippen LogP contribution is 2.26. The van der Waals surface area contributed by atoms with Crippen LogP contribution in [0.1, 0.15) is 6.92 Å². The van der Waals surface area contributed by atoms with Crippen molar-refractivity contribution in [3.05, 3.63) is 29.6 Å². The van der Waals surface area contributed by atoms with Crippen LogP contribution in [-0.4, -0.2) is 36.9 Å². The maximum atomic E-state index is 12.1. The van der Waals surface area contributed by atoms with Gasteiger partial charge in [-0.05, 0) is 31.2 Å². The second kappa shape index (κ2) is 7.63. The molecule has 0 aliphatic heterocycles. The van der Waals surface area contributed by atoms with E-state index < -0.39 is 24.8 Å². The summed E-state index contributed by atoms with van der Waals surface area (Å²) in [5, 5.41) is 4.46. The molecule has 130 valence electrons. The molecule has 1 atom stereocenters. The Morgan fingerprint density at radius 1 is 1.33 bits per heavy atom. The Balaban J connectivity index is 1.96. The van der Waals surface area contributed by atoms with E-state index in [4.69, 9.17) is 4.74 Å². The van der Waals surface area contributed by atoms with Crippen molar-refractivity contribution in [1.82, 2.24) is 4.98 Å². The lowest BCUT2D eigenvalue weighted by Crippen LogP contribution is -2.31. The predicted octanol–water partition coefficient (Wildman–Crippen LogP) is 3.72. The molecule has 2 rings (SSSR count). The number of nitrogens with one attached hydrogen (secondary N) is 1. The van der Waals surface area contributed by atoms with Crippen LogP contribution in [0, 0.1) is 0 Å². The largest absolute Gasteiger partial charge is 0.497 e. The fourth-order valence-electron chi connectivity index (χ4n) is 1.73. The molecule has 0 saturated heterocycles. The quantitative estimate of drug-likeness (QED) is 0.853. The Bertz CT molecular complexity index is 686. The fraction of sp³-hybridized carbons (Fsp3) is 0.333. The summed E-state index contributed by atoms with van der Waals surface area (Å²) in [5.41, 5.74) is 1.47. The third kappa shape index (κ3) is 5.20. The second-order valence-electron chi connectivity index (χ2n) is 4.82. The lowest BCUT2D eigenvalue weighted by Gasteiger charge is -2.13. The summed E-state index contributed by atoms with van der Waals surface area (Å²) in [6.45, 7) is -0.227. The number of rotatable bonds is 6. The van der Waals surface area contributed by atoms with Crippen molar-refractivity contribution in [2.75, 3.05) is 19.0 Å². The van der Waals surface area contributed by atoms with Gasteiger partial charge in [0.1, 0.15) is 18.5 Å². The average molecular weight is 360 g/mol. The summed E-state index contributed by atoms with van der Waals surface area (Å²) >= 11 is 1.17. The topological polar surface area (TPSA) is 60.5 Å². The van der Waals surface area contributed by atoms with Crippen molar-refractivity contribution in [3.63, 3.8) is 0 Å². The molecule has 1 heterocycles. The average Bonchev–Trinajstić information content (AvgIpc) is 3.00. The molecule has 0 spiro atoms. The van der Waals surface area contributed by atoms with Crippen LogP contribution >= 0.6 is 11.3 Å².